The van der Waals surface area contributed by atoms with Crippen LogP contribution in [0.25, 0.3) is 0 Å². The summed E-state index contributed by atoms with van der Waals surface area (Å²) in [5.74, 6) is -8.91. The molecule has 1 saturated carbocycles. The number of nitrogens with zero attached hydrogens (tertiary/aromatic N) is 2. The summed E-state index contributed by atoms with van der Waals surface area (Å²) in [5.41, 5.74) is 2.77. The van der Waals surface area contributed by atoms with Gasteiger partial charge in [-0.25, -0.2) is 9.18 Å². The molecule has 0 spiro atoms. The molecule has 3 fully saturated rings. The monoisotopic (exact) mass is 735 g/mol. The molecule has 4 aromatic rings. The first-order chi connectivity index (χ1) is 25.5. The minimum absolute atomic E-state index is 0.0228. The number of carbonyl (C=O) groups excluding carboxylic acids is 4. The molecule has 0 unspecified atom stereocenters. The van der Waals surface area contributed by atoms with E-state index in [2.05, 4.69) is 5.43 Å². The standard InChI is InChI=1S/C40H31ClFN3O8/c1-53-31-7-3-6-28(34(31)46)33-26-16-17-27-32(37(49)44(35(27)47)25-5-2-4-20(18-25)38(50)51)29(26)19-30-36(48)45(43-24-14-12-23(42)13-15-24)39(52)40(30,33)21-8-10-22(41)11-9-21/h2-16,18,27,29-30,32-33,43,46H,17,19H2,1H3,(H,50,51)/t27-,29+,30-,32-,33+,40+/m0/s1. The second-order valence-corrected chi connectivity index (χ2v) is 14.1. The van der Waals surface area contributed by atoms with Crippen molar-refractivity contribution in [3.63, 3.8) is 0 Å². The van der Waals surface area contributed by atoms with E-state index in [4.69, 9.17) is 16.3 Å². The van der Waals surface area contributed by atoms with E-state index in [9.17, 15) is 33.8 Å². The van der Waals surface area contributed by atoms with E-state index < -0.39 is 70.4 Å². The van der Waals surface area contributed by atoms with E-state index >= 15 is 4.79 Å². The van der Waals surface area contributed by atoms with Gasteiger partial charge in [0.1, 0.15) is 5.82 Å². The molecule has 2 heterocycles. The molecule has 2 aliphatic carbocycles. The van der Waals surface area contributed by atoms with Crippen molar-refractivity contribution < 1.29 is 43.3 Å². The topological polar surface area (TPSA) is 154 Å². The summed E-state index contributed by atoms with van der Waals surface area (Å²) < 4.78 is 19.4. The molecule has 11 nitrogen and oxygen atoms in total. The minimum atomic E-state index is -1.70. The van der Waals surface area contributed by atoms with Crippen LogP contribution in [-0.2, 0) is 24.6 Å². The highest BCUT2D eigenvalue weighted by Crippen LogP contribution is 2.65. The zero-order valence-electron chi connectivity index (χ0n) is 28.0. The quantitative estimate of drug-likeness (QED) is 0.151. The van der Waals surface area contributed by atoms with E-state index in [-0.39, 0.29) is 46.8 Å². The van der Waals surface area contributed by atoms with E-state index in [0.717, 1.165) is 9.91 Å². The normalized spacial score (nSPS) is 26.2. The fraction of sp³-hybridized carbons (Fsp3) is 0.225. The van der Waals surface area contributed by atoms with Gasteiger partial charge in [0.25, 0.3) is 11.8 Å². The maximum atomic E-state index is 15.2. The van der Waals surface area contributed by atoms with Gasteiger partial charge in [0.2, 0.25) is 11.8 Å². The van der Waals surface area contributed by atoms with Crippen LogP contribution < -0.4 is 15.1 Å². The Balaban J connectivity index is 1.33. The Bertz CT molecular complexity index is 2260. The lowest BCUT2D eigenvalue weighted by Crippen LogP contribution is -2.53. The highest BCUT2D eigenvalue weighted by atomic mass is 35.5. The number of rotatable bonds is 7. The maximum Gasteiger partial charge on any atom is 0.335 e. The maximum absolute atomic E-state index is 15.2. The van der Waals surface area contributed by atoms with E-state index in [0.29, 0.717) is 16.2 Å². The Labute approximate surface area is 307 Å². The molecule has 4 aliphatic rings. The van der Waals surface area contributed by atoms with Gasteiger partial charge >= 0.3 is 5.97 Å². The van der Waals surface area contributed by atoms with Gasteiger partial charge in [-0.3, -0.25) is 29.5 Å². The molecule has 4 amide bonds. The summed E-state index contributed by atoms with van der Waals surface area (Å²) in [5, 5.41) is 22.7. The van der Waals surface area contributed by atoms with Crippen LogP contribution in [0.15, 0.2) is 103 Å². The lowest BCUT2D eigenvalue weighted by atomic mass is 9.49. The van der Waals surface area contributed by atoms with Crippen LogP contribution >= 0.6 is 11.6 Å². The van der Waals surface area contributed by atoms with Crippen LogP contribution in [0.4, 0.5) is 15.8 Å². The summed E-state index contributed by atoms with van der Waals surface area (Å²) in [6, 6.07) is 22.2. The van der Waals surface area contributed by atoms with Gasteiger partial charge < -0.3 is 14.9 Å². The fourth-order valence-electron chi connectivity index (χ4n) is 8.97. The number of anilines is 2. The first-order valence-electron chi connectivity index (χ1n) is 16.9. The summed E-state index contributed by atoms with van der Waals surface area (Å²) in [6.07, 6.45) is 1.92. The summed E-state index contributed by atoms with van der Waals surface area (Å²) in [7, 11) is 1.39. The smallest absolute Gasteiger partial charge is 0.335 e. The number of hydrazine groups is 1. The number of ether oxygens (including phenoxy) is 1. The molecule has 0 radical (unpaired) electrons. The Hall–Kier alpha value is -6.01. The Kier molecular flexibility index (Phi) is 8.10. The summed E-state index contributed by atoms with van der Waals surface area (Å²) >= 11 is 6.34. The van der Waals surface area contributed by atoms with Crippen molar-refractivity contribution in [2.45, 2.75) is 24.2 Å². The van der Waals surface area contributed by atoms with Crippen molar-refractivity contribution in [3.8, 4) is 11.5 Å². The minimum Gasteiger partial charge on any atom is -0.504 e. The molecule has 2 aliphatic heterocycles. The van der Waals surface area contributed by atoms with Crippen LogP contribution in [0.3, 0.4) is 0 Å². The Morgan fingerprint density at radius 3 is 2.34 bits per heavy atom. The fourth-order valence-corrected chi connectivity index (χ4v) is 9.10. The van der Waals surface area contributed by atoms with Gasteiger partial charge in [0.05, 0.1) is 47.2 Å². The SMILES string of the molecule is COc1cccc([C@H]2C3=CC[C@@H]4C(=O)N(c5cccc(C(=O)O)c5)C(=O)[C@@H]4[C@@H]3C[C@H]3C(=O)N(Nc4ccc(F)cc4)C(=O)[C@@]23c2ccc(Cl)cc2)c1O. The molecular weight excluding hydrogens is 705 g/mol. The average Bonchev–Trinajstić information content (AvgIpc) is 3.53. The third-order valence-electron chi connectivity index (χ3n) is 11.2. The molecule has 6 atom stereocenters. The predicted octanol–water partition coefficient (Wildman–Crippen LogP) is 6.08. The van der Waals surface area contributed by atoms with Gasteiger partial charge in [-0.1, -0.05) is 53.6 Å². The lowest BCUT2D eigenvalue weighted by molar-refractivity contribution is -0.138. The largest absolute Gasteiger partial charge is 0.504 e. The first-order valence-corrected chi connectivity index (χ1v) is 17.3. The highest BCUT2D eigenvalue weighted by Gasteiger charge is 2.70. The van der Waals surface area contributed by atoms with Crippen LogP contribution in [0, 0.1) is 29.5 Å². The number of nitrogens with one attached hydrogen (secondary N) is 1. The molecule has 3 N–H and O–H groups in total. The van der Waals surface area contributed by atoms with Crippen molar-refractivity contribution in [1.29, 1.82) is 0 Å². The number of amides is 4. The third kappa shape index (κ3) is 5.03. The first kappa shape index (κ1) is 34.1. The van der Waals surface area contributed by atoms with Crippen LogP contribution in [0.5, 0.6) is 11.5 Å². The average molecular weight is 736 g/mol. The molecular formula is C40H31ClFN3O8. The van der Waals surface area contributed by atoms with Crippen LogP contribution in [0.2, 0.25) is 5.02 Å². The number of aromatic carboxylic acids is 1. The van der Waals surface area contributed by atoms with E-state index in [1.807, 2.05) is 6.08 Å². The number of halogens is 2. The number of phenolic OH excluding ortho intramolecular Hbond substituents is 1. The number of allylic oxidation sites excluding steroid dienone is 2. The number of phenols is 1. The molecule has 4 aromatic carbocycles. The predicted molar refractivity (Wildman–Crippen MR) is 190 cm³/mol. The second kappa shape index (κ2) is 12.6. The van der Waals surface area contributed by atoms with Gasteiger partial charge in [-0.15, -0.1) is 0 Å². The van der Waals surface area contributed by atoms with Gasteiger partial charge in [-0.05, 0) is 85.0 Å². The van der Waals surface area contributed by atoms with Crippen molar-refractivity contribution >= 4 is 52.6 Å². The van der Waals surface area contributed by atoms with E-state index in [1.54, 1.807) is 42.5 Å². The number of benzene rings is 4. The zero-order valence-corrected chi connectivity index (χ0v) is 28.8. The van der Waals surface area contributed by atoms with Gasteiger partial charge in [0, 0.05) is 16.5 Å². The number of carboxylic acid groups (broad SMARTS) is 1. The zero-order chi connectivity index (χ0) is 37.3. The highest BCUT2D eigenvalue weighted by molar-refractivity contribution is 6.30. The Morgan fingerprint density at radius 2 is 1.64 bits per heavy atom. The van der Waals surface area contributed by atoms with Crippen molar-refractivity contribution in [1.82, 2.24) is 5.01 Å². The number of carboxylic acids is 1. The molecule has 2 saturated heterocycles. The number of carbonyl (C=O) groups is 5. The number of methoxy groups -OCH3 is 1. The molecule has 0 bridgehead atoms. The van der Waals surface area contributed by atoms with Gasteiger partial charge in [0.15, 0.2) is 11.5 Å². The number of fused-ring (bicyclic) bond motifs is 4. The summed E-state index contributed by atoms with van der Waals surface area (Å²) in [6.45, 7) is 0. The Morgan fingerprint density at radius 1 is 0.925 bits per heavy atom. The van der Waals surface area contributed by atoms with Crippen molar-refractivity contribution in [2.75, 3.05) is 17.4 Å². The van der Waals surface area contributed by atoms with Crippen LogP contribution in [-0.4, -0.2) is 51.9 Å². The number of imide groups is 2. The molecule has 53 heavy (non-hydrogen) atoms. The van der Waals surface area contributed by atoms with Crippen LogP contribution in [0.1, 0.15) is 40.2 Å². The second-order valence-electron chi connectivity index (χ2n) is 13.6. The number of hydrogen-bond acceptors (Lipinski definition) is 8. The molecule has 13 heteroatoms. The van der Waals surface area contributed by atoms with E-state index in [1.165, 1.54) is 55.6 Å². The summed E-state index contributed by atoms with van der Waals surface area (Å²) in [4.78, 5) is 71.3. The number of aromatic hydroxyl groups is 1. The molecule has 8 rings (SSSR count). The number of para-hydroxylation sites is 1. The number of hydrogen-bond donors (Lipinski definition) is 3. The third-order valence-corrected chi connectivity index (χ3v) is 11.4. The molecule has 268 valence electrons. The van der Waals surface area contributed by atoms with Gasteiger partial charge in [-0.2, -0.15) is 5.01 Å². The van der Waals surface area contributed by atoms with Crippen molar-refractivity contribution in [2.24, 2.45) is 23.7 Å². The molecule has 0 aromatic heterocycles. The van der Waals surface area contributed by atoms with Crippen molar-refractivity contribution in [3.05, 3.63) is 130 Å². The lowest BCUT2D eigenvalue weighted by Gasteiger charge is -2.50.